The van der Waals surface area contributed by atoms with Crippen LogP contribution in [0.15, 0.2) is 42.5 Å². The highest BCUT2D eigenvalue weighted by molar-refractivity contribution is 9.09. The normalized spacial score (nSPS) is 12.4. The second-order valence-corrected chi connectivity index (χ2v) is 6.35. The molecule has 0 bridgehead atoms. The number of hydrogen-bond donors (Lipinski definition) is 0. The smallest absolute Gasteiger partial charge is 0.0438 e. The van der Waals surface area contributed by atoms with Crippen LogP contribution in [-0.2, 0) is 6.42 Å². The SMILES string of the molecule is Clc1cc(Cl)cc(C(Br)Cc2ccccc2Cl)c1. The zero-order valence-corrected chi connectivity index (χ0v) is 13.2. The standard InChI is InChI=1S/C14H10BrCl3/c15-13(7-9-3-1-2-4-14(9)18)10-5-11(16)8-12(17)6-10/h1-6,8,13H,7H2. The number of rotatable bonds is 3. The Bertz CT molecular complexity index is 534. The third kappa shape index (κ3) is 3.64. The fraction of sp³-hybridized carbons (Fsp3) is 0.143. The Hall–Kier alpha value is -0.210. The molecule has 0 saturated heterocycles. The summed E-state index contributed by atoms with van der Waals surface area (Å²) >= 11 is 21.8. The van der Waals surface area contributed by atoms with E-state index in [1.165, 1.54) is 0 Å². The molecule has 0 radical (unpaired) electrons. The maximum atomic E-state index is 6.15. The van der Waals surface area contributed by atoms with E-state index in [-0.39, 0.29) is 4.83 Å². The molecular formula is C14H10BrCl3. The van der Waals surface area contributed by atoms with Gasteiger partial charge in [-0.3, -0.25) is 0 Å². The Morgan fingerprint density at radius 3 is 2.17 bits per heavy atom. The van der Waals surface area contributed by atoms with Gasteiger partial charge in [0, 0.05) is 19.9 Å². The molecular weight excluding hydrogens is 354 g/mol. The van der Waals surface area contributed by atoms with Crippen LogP contribution >= 0.6 is 50.7 Å². The van der Waals surface area contributed by atoms with Gasteiger partial charge in [-0.05, 0) is 41.8 Å². The molecule has 0 saturated carbocycles. The van der Waals surface area contributed by atoms with Gasteiger partial charge in [-0.1, -0.05) is 68.9 Å². The molecule has 1 unspecified atom stereocenters. The van der Waals surface area contributed by atoms with Gasteiger partial charge >= 0.3 is 0 Å². The Morgan fingerprint density at radius 2 is 1.56 bits per heavy atom. The predicted molar refractivity (Wildman–Crippen MR) is 83.3 cm³/mol. The van der Waals surface area contributed by atoms with E-state index in [9.17, 15) is 0 Å². The first-order valence-corrected chi connectivity index (χ1v) is 7.44. The Balaban J connectivity index is 2.22. The molecule has 0 aliphatic heterocycles. The molecule has 2 rings (SSSR count). The highest BCUT2D eigenvalue weighted by atomic mass is 79.9. The van der Waals surface area contributed by atoms with E-state index in [0.29, 0.717) is 10.0 Å². The quantitative estimate of drug-likeness (QED) is 0.559. The molecule has 2 aromatic carbocycles. The van der Waals surface area contributed by atoms with Gasteiger partial charge in [0.2, 0.25) is 0 Å². The lowest BCUT2D eigenvalue weighted by Gasteiger charge is -2.12. The van der Waals surface area contributed by atoms with Crippen molar-refractivity contribution in [3.05, 3.63) is 68.7 Å². The Kier molecular flexibility index (Phi) is 4.97. The zero-order chi connectivity index (χ0) is 13.1. The molecule has 2 aromatic rings. The minimum absolute atomic E-state index is 0.133. The number of halogens is 4. The highest BCUT2D eigenvalue weighted by Gasteiger charge is 2.12. The van der Waals surface area contributed by atoms with Crippen LogP contribution in [0.2, 0.25) is 15.1 Å². The van der Waals surface area contributed by atoms with Crippen LogP contribution in [0.4, 0.5) is 0 Å². The fourth-order valence-corrected chi connectivity index (χ4v) is 3.10. The third-order valence-electron chi connectivity index (χ3n) is 2.60. The monoisotopic (exact) mass is 362 g/mol. The van der Waals surface area contributed by atoms with Crippen LogP contribution in [0.3, 0.4) is 0 Å². The van der Waals surface area contributed by atoms with E-state index in [4.69, 9.17) is 34.8 Å². The minimum Gasteiger partial charge on any atom is -0.0843 e. The third-order valence-corrected chi connectivity index (χ3v) is 4.26. The summed E-state index contributed by atoms with van der Waals surface area (Å²) in [5.74, 6) is 0. The van der Waals surface area contributed by atoms with Gasteiger partial charge in [0.1, 0.15) is 0 Å². The van der Waals surface area contributed by atoms with Gasteiger partial charge in [-0.2, -0.15) is 0 Å². The van der Waals surface area contributed by atoms with Crippen molar-refractivity contribution >= 4 is 50.7 Å². The molecule has 0 spiro atoms. The van der Waals surface area contributed by atoms with Crippen molar-refractivity contribution < 1.29 is 0 Å². The number of benzene rings is 2. The number of hydrogen-bond acceptors (Lipinski definition) is 0. The second kappa shape index (κ2) is 6.29. The molecule has 1 atom stereocenters. The topological polar surface area (TPSA) is 0 Å². The summed E-state index contributed by atoms with van der Waals surface area (Å²) in [6, 6.07) is 13.3. The molecule has 0 aliphatic carbocycles. The maximum absolute atomic E-state index is 6.15. The summed E-state index contributed by atoms with van der Waals surface area (Å²) in [5, 5.41) is 2.05. The van der Waals surface area contributed by atoms with Crippen LogP contribution < -0.4 is 0 Å². The van der Waals surface area contributed by atoms with E-state index in [2.05, 4.69) is 15.9 Å². The molecule has 0 amide bonds. The van der Waals surface area contributed by atoms with Crippen molar-refractivity contribution in [2.75, 3.05) is 0 Å². The molecule has 18 heavy (non-hydrogen) atoms. The van der Waals surface area contributed by atoms with Crippen LogP contribution in [0, 0.1) is 0 Å². The first-order valence-electron chi connectivity index (χ1n) is 5.40. The Morgan fingerprint density at radius 1 is 0.944 bits per heavy atom. The maximum Gasteiger partial charge on any atom is 0.0438 e. The molecule has 4 heteroatoms. The van der Waals surface area contributed by atoms with E-state index in [0.717, 1.165) is 22.6 Å². The van der Waals surface area contributed by atoms with Gasteiger partial charge in [-0.25, -0.2) is 0 Å². The van der Waals surface area contributed by atoms with Crippen molar-refractivity contribution in [1.29, 1.82) is 0 Å². The second-order valence-electron chi connectivity index (χ2n) is 3.97. The van der Waals surface area contributed by atoms with E-state index >= 15 is 0 Å². The Labute approximate surface area is 130 Å². The van der Waals surface area contributed by atoms with Crippen molar-refractivity contribution in [1.82, 2.24) is 0 Å². The summed E-state index contributed by atoms with van der Waals surface area (Å²) in [5.41, 5.74) is 2.14. The summed E-state index contributed by atoms with van der Waals surface area (Å²) in [7, 11) is 0. The molecule has 94 valence electrons. The zero-order valence-electron chi connectivity index (χ0n) is 9.34. The first kappa shape index (κ1) is 14.2. The van der Waals surface area contributed by atoms with Crippen molar-refractivity contribution in [3.8, 4) is 0 Å². The largest absolute Gasteiger partial charge is 0.0843 e. The lowest BCUT2D eigenvalue weighted by Crippen LogP contribution is -1.96. The van der Waals surface area contributed by atoms with Gasteiger partial charge in [0.05, 0.1) is 0 Å². The summed E-state index contributed by atoms with van der Waals surface area (Å²) in [4.78, 5) is 0.133. The summed E-state index contributed by atoms with van der Waals surface area (Å²) in [6.45, 7) is 0. The molecule has 0 nitrogen and oxygen atoms in total. The van der Waals surface area contributed by atoms with Gasteiger partial charge in [0.15, 0.2) is 0 Å². The predicted octanol–water partition coefficient (Wildman–Crippen LogP) is 6.33. The van der Waals surface area contributed by atoms with Crippen LogP contribution in [-0.4, -0.2) is 0 Å². The van der Waals surface area contributed by atoms with E-state index in [1.807, 2.05) is 36.4 Å². The average Bonchev–Trinajstić information content (AvgIpc) is 2.31. The summed E-state index contributed by atoms with van der Waals surface area (Å²) < 4.78 is 0. The molecule has 0 fully saturated rings. The minimum atomic E-state index is 0.133. The fourth-order valence-electron chi connectivity index (χ4n) is 1.73. The molecule has 0 N–H and O–H groups in total. The van der Waals surface area contributed by atoms with Crippen LogP contribution in [0.5, 0.6) is 0 Å². The van der Waals surface area contributed by atoms with Crippen molar-refractivity contribution in [2.24, 2.45) is 0 Å². The van der Waals surface area contributed by atoms with Crippen LogP contribution in [0.25, 0.3) is 0 Å². The molecule has 0 aliphatic rings. The number of alkyl halides is 1. The summed E-state index contributed by atoms with van der Waals surface area (Å²) in [6.07, 6.45) is 0.788. The first-order chi connectivity index (χ1) is 8.56. The van der Waals surface area contributed by atoms with Gasteiger partial charge in [0.25, 0.3) is 0 Å². The van der Waals surface area contributed by atoms with Gasteiger partial charge < -0.3 is 0 Å². The van der Waals surface area contributed by atoms with Gasteiger partial charge in [-0.15, -0.1) is 0 Å². The average molecular weight is 364 g/mol. The van der Waals surface area contributed by atoms with Crippen LogP contribution in [0.1, 0.15) is 16.0 Å². The lowest BCUT2D eigenvalue weighted by molar-refractivity contribution is 0.949. The van der Waals surface area contributed by atoms with Crippen molar-refractivity contribution in [3.63, 3.8) is 0 Å². The highest BCUT2D eigenvalue weighted by Crippen LogP contribution is 2.32. The van der Waals surface area contributed by atoms with E-state index in [1.54, 1.807) is 6.07 Å². The molecule has 0 heterocycles. The van der Waals surface area contributed by atoms with Crippen molar-refractivity contribution in [2.45, 2.75) is 11.2 Å². The van der Waals surface area contributed by atoms with E-state index < -0.39 is 0 Å². The lowest BCUT2D eigenvalue weighted by atomic mass is 10.0. The molecule has 0 aromatic heterocycles.